The molecule has 0 rings (SSSR count). The lowest BCUT2D eigenvalue weighted by atomic mass is 9.97. The summed E-state index contributed by atoms with van der Waals surface area (Å²) in [6, 6.07) is 0. The number of ether oxygens (including phenoxy) is 2. The number of halogens is 1. The van der Waals surface area contributed by atoms with Crippen molar-refractivity contribution in [2.45, 2.75) is 52.9 Å². The molecule has 2 unspecified atom stereocenters. The summed E-state index contributed by atoms with van der Waals surface area (Å²) < 4.78 is 10.4. The average molecular weight is 351 g/mol. The molecule has 0 saturated carbocycles. The van der Waals surface area contributed by atoms with Crippen LogP contribution >= 0.6 is 15.9 Å². The van der Waals surface area contributed by atoms with Crippen LogP contribution in [0.15, 0.2) is 0 Å². The topological polar surface area (TPSA) is 52.6 Å². The molecule has 118 valence electrons. The van der Waals surface area contributed by atoms with E-state index in [2.05, 4.69) is 15.9 Å². The normalized spacial score (nSPS) is 13.6. The highest BCUT2D eigenvalue weighted by Gasteiger charge is 2.25. The first-order valence-electron chi connectivity index (χ1n) is 7.45. The predicted molar refractivity (Wildman–Crippen MR) is 82.8 cm³/mol. The average Bonchev–Trinajstić information content (AvgIpc) is 2.44. The summed E-state index contributed by atoms with van der Waals surface area (Å²) in [6.07, 6.45) is 4.19. The first-order valence-corrected chi connectivity index (χ1v) is 8.58. The van der Waals surface area contributed by atoms with Crippen LogP contribution in [-0.4, -0.2) is 30.5 Å². The molecule has 0 aromatic heterocycles. The third kappa shape index (κ3) is 8.56. The molecule has 0 amide bonds. The molecule has 0 aliphatic rings. The second kappa shape index (κ2) is 12.2. The van der Waals surface area contributed by atoms with E-state index in [0.29, 0.717) is 25.0 Å². The van der Waals surface area contributed by atoms with E-state index in [0.717, 1.165) is 25.7 Å². The second-order valence-corrected chi connectivity index (χ2v) is 5.68. The zero-order valence-electron chi connectivity index (χ0n) is 12.8. The van der Waals surface area contributed by atoms with Gasteiger partial charge in [-0.2, -0.15) is 0 Å². The minimum atomic E-state index is -0.291. The van der Waals surface area contributed by atoms with E-state index in [1.54, 1.807) is 6.92 Å². The Hall–Kier alpha value is -0.580. The van der Waals surface area contributed by atoms with Crippen molar-refractivity contribution in [2.75, 3.05) is 18.5 Å². The zero-order chi connectivity index (χ0) is 15.4. The molecule has 0 saturated heterocycles. The molecule has 0 N–H and O–H groups in total. The van der Waals surface area contributed by atoms with Crippen LogP contribution in [-0.2, 0) is 19.1 Å². The highest BCUT2D eigenvalue weighted by atomic mass is 79.9. The van der Waals surface area contributed by atoms with Gasteiger partial charge in [0.05, 0.1) is 25.0 Å². The number of carbonyl (C=O) groups excluding carboxylic acids is 2. The molecule has 0 aliphatic heterocycles. The van der Waals surface area contributed by atoms with E-state index >= 15 is 0 Å². The minimum absolute atomic E-state index is 0.231. The van der Waals surface area contributed by atoms with Gasteiger partial charge in [-0.05, 0) is 19.3 Å². The first kappa shape index (κ1) is 19.4. The Balaban J connectivity index is 4.12. The van der Waals surface area contributed by atoms with Crippen molar-refractivity contribution in [1.82, 2.24) is 0 Å². The van der Waals surface area contributed by atoms with Gasteiger partial charge < -0.3 is 9.47 Å². The molecule has 0 heterocycles. The van der Waals surface area contributed by atoms with Crippen molar-refractivity contribution >= 4 is 27.9 Å². The summed E-state index contributed by atoms with van der Waals surface area (Å²) in [5.41, 5.74) is 0. The summed E-state index contributed by atoms with van der Waals surface area (Å²) in [7, 11) is 0. The predicted octanol–water partition coefficient (Wildman–Crippen LogP) is 3.71. The van der Waals surface area contributed by atoms with Gasteiger partial charge in [-0.3, -0.25) is 9.59 Å². The fraction of sp³-hybridized carbons (Fsp3) is 0.867. The number of hydrogen-bond donors (Lipinski definition) is 0. The molecule has 2 atom stereocenters. The fourth-order valence-corrected chi connectivity index (χ4v) is 2.17. The third-order valence-corrected chi connectivity index (χ3v) is 3.83. The Kier molecular flexibility index (Phi) is 11.8. The summed E-state index contributed by atoms with van der Waals surface area (Å²) in [6.45, 7) is 6.80. The number of esters is 2. The van der Waals surface area contributed by atoms with Crippen LogP contribution in [0.25, 0.3) is 0 Å². The highest BCUT2D eigenvalue weighted by Crippen LogP contribution is 2.18. The lowest BCUT2D eigenvalue weighted by molar-refractivity contribution is -0.151. The van der Waals surface area contributed by atoms with Crippen LogP contribution in [0.1, 0.15) is 52.9 Å². The van der Waals surface area contributed by atoms with Crippen molar-refractivity contribution in [1.29, 1.82) is 0 Å². The molecular weight excluding hydrogens is 324 g/mol. The number of alkyl halides is 1. The third-order valence-electron chi connectivity index (χ3n) is 3.04. The molecule has 5 heteroatoms. The van der Waals surface area contributed by atoms with Gasteiger partial charge in [0.2, 0.25) is 0 Å². The monoisotopic (exact) mass is 350 g/mol. The maximum atomic E-state index is 11.9. The van der Waals surface area contributed by atoms with Crippen LogP contribution in [0.3, 0.4) is 0 Å². The SMILES string of the molecule is CCCCOC(=O)C(C)CC(CBr)C(=O)OCCCC. The van der Waals surface area contributed by atoms with Gasteiger partial charge in [-0.15, -0.1) is 0 Å². The van der Waals surface area contributed by atoms with E-state index in [4.69, 9.17) is 9.47 Å². The number of unbranched alkanes of at least 4 members (excludes halogenated alkanes) is 2. The van der Waals surface area contributed by atoms with Gasteiger partial charge in [0.25, 0.3) is 0 Å². The number of hydrogen-bond acceptors (Lipinski definition) is 4. The summed E-state index contributed by atoms with van der Waals surface area (Å²) in [5.74, 6) is -1.04. The summed E-state index contributed by atoms with van der Waals surface area (Å²) in [4.78, 5) is 23.6. The summed E-state index contributed by atoms with van der Waals surface area (Å²) in [5, 5.41) is 0.505. The Morgan fingerprint density at radius 2 is 1.50 bits per heavy atom. The maximum Gasteiger partial charge on any atom is 0.309 e. The van der Waals surface area contributed by atoms with Gasteiger partial charge in [0.1, 0.15) is 0 Å². The molecule has 4 nitrogen and oxygen atoms in total. The second-order valence-electron chi connectivity index (χ2n) is 5.03. The standard InChI is InChI=1S/C15H27BrO4/c1-4-6-8-19-14(17)12(3)10-13(11-16)15(18)20-9-7-5-2/h12-13H,4-11H2,1-3H3. The molecule has 0 aliphatic carbocycles. The van der Waals surface area contributed by atoms with Gasteiger partial charge in [-0.1, -0.05) is 49.5 Å². The lowest BCUT2D eigenvalue weighted by Gasteiger charge is -2.17. The van der Waals surface area contributed by atoms with Crippen molar-refractivity contribution in [3.63, 3.8) is 0 Å². The Bertz CT molecular complexity index is 281. The van der Waals surface area contributed by atoms with Crippen LogP contribution in [0.2, 0.25) is 0 Å². The number of rotatable bonds is 11. The smallest absolute Gasteiger partial charge is 0.309 e. The molecule has 0 bridgehead atoms. The van der Waals surface area contributed by atoms with E-state index in [1.165, 1.54) is 0 Å². The molecular formula is C15H27BrO4. The summed E-state index contributed by atoms with van der Waals surface area (Å²) >= 11 is 3.31. The van der Waals surface area contributed by atoms with Crippen LogP contribution < -0.4 is 0 Å². The molecule has 0 aromatic rings. The van der Waals surface area contributed by atoms with Crippen LogP contribution in [0, 0.1) is 11.8 Å². The van der Waals surface area contributed by atoms with Crippen molar-refractivity contribution < 1.29 is 19.1 Å². The molecule has 20 heavy (non-hydrogen) atoms. The molecule has 0 fully saturated rings. The molecule has 0 spiro atoms. The van der Waals surface area contributed by atoms with Gasteiger partial charge in [-0.25, -0.2) is 0 Å². The van der Waals surface area contributed by atoms with Crippen LogP contribution in [0.4, 0.5) is 0 Å². The fourth-order valence-electron chi connectivity index (χ4n) is 1.64. The Labute approximate surface area is 130 Å². The van der Waals surface area contributed by atoms with Gasteiger partial charge >= 0.3 is 11.9 Å². The van der Waals surface area contributed by atoms with Crippen molar-refractivity contribution in [2.24, 2.45) is 11.8 Å². The van der Waals surface area contributed by atoms with Crippen molar-refractivity contribution in [3.05, 3.63) is 0 Å². The minimum Gasteiger partial charge on any atom is -0.465 e. The largest absolute Gasteiger partial charge is 0.465 e. The molecule has 0 aromatic carbocycles. The van der Waals surface area contributed by atoms with E-state index in [9.17, 15) is 9.59 Å². The quantitative estimate of drug-likeness (QED) is 0.323. The first-order chi connectivity index (χ1) is 9.56. The van der Waals surface area contributed by atoms with E-state index in [1.807, 2.05) is 13.8 Å². The van der Waals surface area contributed by atoms with Gasteiger partial charge in [0, 0.05) is 5.33 Å². The molecule has 0 radical (unpaired) electrons. The maximum absolute atomic E-state index is 11.9. The Morgan fingerprint density at radius 3 is 1.95 bits per heavy atom. The Morgan fingerprint density at radius 1 is 1.00 bits per heavy atom. The van der Waals surface area contributed by atoms with Crippen molar-refractivity contribution in [3.8, 4) is 0 Å². The number of carbonyl (C=O) groups is 2. The lowest BCUT2D eigenvalue weighted by Crippen LogP contribution is -2.26. The zero-order valence-corrected chi connectivity index (χ0v) is 14.4. The van der Waals surface area contributed by atoms with E-state index < -0.39 is 0 Å². The highest BCUT2D eigenvalue weighted by molar-refractivity contribution is 9.09. The van der Waals surface area contributed by atoms with Crippen LogP contribution in [0.5, 0.6) is 0 Å². The van der Waals surface area contributed by atoms with E-state index in [-0.39, 0.29) is 23.8 Å². The van der Waals surface area contributed by atoms with Gasteiger partial charge in [0.15, 0.2) is 0 Å².